The van der Waals surface area contributed by atoms with Crippen molar-refractivity contribution in [3.63, 3.8) is 0 Å². The zero-order chi connectivity index (χ0) is 21.9. The molecule has 4 fully saturated rings. The summed E-state index contributed by atoms with van der Waals surface area (Å²) in [6.07, 6.45) is 1.58. The number of hydrogen-bond donors (Lipinski definition) is 2. The van der Waals surface area contributed by atoms with Gasteiger partial charge in [0.25, 0.3) is 5.97 Å². The van der Waals surface area contributed by atoms with Crippen molar-refractivity contribution in [2.75, 3.05) is 0 Å². The number of ether oxygens (including phenoxy) is 5. The quantitative estimate of drug-likeness (QED) is 0.395. The third-order valence-corrected chi connectivity index (χ3v) is 8.31. The van der Waals surface area contributed by atoms with E-state index in [1.165, 1.54) is 0 Å². The first-order valence-electron chi connectivity index (χ1n) is 10.6. The maximum Gasteiger partial charge on any atom is 0.333 e. The number of fused-ring (bicyclic) bond motifs is 2. The third-order valence-electron chi connectivity index (χ3n) is 8.31. The van der Waals surface area contributed by atoms with E-state index in [1.807, 2.05) is 19.9 Å². The Labute approximate surface area is 175 Å². The van der Waals surface area contributed by atoms with E-state index in [0.717, 1.165) is 5.57 Å². The largest absolute Gasteiger partial charge is 0.455 e. The van der Waals surface area contributed by atoms with E-state index >= 15 is 0 Å². The lowest BCUT2D eigenvalue weighted by atomic mass is 9.51. The summed E-state index contributed by atoms with van der Waals surface area (Å²) < 4.78 is 30.8. The fraction of sp³-hybridized carbons (Fsp3) is 0.773. The zero-order valence-electron chi connectivity index (χ0n) is 18.2. The SMILES string of the molecule is C/C=C(/C)C(=O)O[C@H]1[C@@]2(C)C(=CC[C@H](O)[C@@H]2C)C[C@@]23O[C@@H](O)[C@]4(C)OC(C)(O2)O[C@@]134. The van der Waals surface area contributed by atoms with Gasteiger partial charge in [0.2, 0.25) is 5.79 Å². The average Bonchev–Trinajstić information content (AvgIpc) is 3.11. The molecule has 166 valence electrons. The molecule has 2 aliphatic carbocycles. The Morgan fingerprint density at radius 2 is 1.93 bits per heavy atom. The summed E-state index contributed by atoms with van der Waals surface area (Å²) in [6.45, 7) is 10.7. The van der Waals surface area contributed by atoms with Gasteiger partial charge in [-0.15, -0.1) is 0 Å². The highest BCUT2D eigenvalue weighted by atomic mass is 17.0. The van der Waals surface area contributed by atoms with Gasteiger partial charge in [-0.05, 0) is 33.1 Å². The van der Waals surface area contributed by atoms with Gasteiger partial charge in [-0.1, -0.05) is 31.6 Å². The van der Waals surface area contributed by atoms with E-state index in [1.54, 1.807) is 33.8 Å². The Kier molecular flexibility index (Phi) is 3.94. The molecule has 0 aromatic rings. The van der Waals surface area contributed by atoms with Crippen molar-refractivity contribution in [2.45, 2.75) is 95.8 Å². The highest BCUT2D eigenvalue weighted by Crippen LogP contribution is 2.74. The van der Waals surface area contributed by atoms with Gasteiger partial charge in [0, 0.05) is 24.3 Å². The predicted octanol–water partition coefficient (Wildman–Crippen LogP) is 1.89. The number of esters is 1. The molecule has 0 radical (unpaired) electrons. The smallest absolute Gasteiger partial charge is 0.333 e. The molecule has 1 unspecified atom stereocenters. The van der Waals surface area contributed by atoms with Gasteiger partial charge in [0.1, 0.15) is 6.10 Å². The number of aliphatic hydroxyl groups is 2. The molecule has 3 saturated heterocycles. The minimum absolute atomic E-state index is 0.246. The second-order valence-electron chi connectivity index (χ2n) is 9.77. The van der Waals surface area contributed by atoms with Crippen LogP contribution in [0.2, 0.25) is 0 Å². The summed E-state index contributed by atoms with van der Waals surface area (Å²) in [7, 11) is 0. The highest BCUT2D eigenvalue weighted by Gasteiger charge is 2.93. The van der Waals surface area contributed by atoms with Crippen molar-refractivity contribution in [1.29, 1.82) is 0 Å². The number of carbonyl (C=O) groups is 1. The molecule has 2 bridgehead atoms. The molecule has 0 amide bonds. The molecule has 0 aromatic heterocycles. The van der Waals surface area contributed by atoms with E-state index in [0.29, 0.717) is 18.4 Å². The van der Waals surface area contributed by atoms with Crippen LogP contribution >= 0.6 is 0 Å². The van der Waals surface area contributed by atoms with E-state index in [4.69, 9.17) is 23.7 Å². The first-order chi connectivity index (χ1) is 13.9. The molecule has 9 atom stereocenters. The molecular weight excluding hydrogens is 392 g/mol. The van der Waals surface area contributed by atoms with Crippen molar-refractivity contribution in [1.82, 2.24) is 0 Å². The summed E-state index contributed by atoms with van der Waals surface area (Å²) in [5.41, 5.74) is -2.11. The summed E-state index contributed by atoms with van der Waals surface area (Å²) in [6, 6.07) is 0. The van der Waals surface area contributed by atoms with Crippen LogP contribution in [0.1, 0.15) is 54.4 Å². The summed E-state index contributed by atoms with van der Waals surface area (Å²) in [5.74, 6) is -3.55. The minimum atomic E-state index is -1.45. The normalized spacial score (nSPS) is 56.4. The van der Waals surface area contributed by atoms with Gasteiger partial charge in [0.15, 0.2) is 17.5 Å². The maximum absolute atomic E-state index is 13.0. The fourth-order valence-corrected chi connectivity index (χ4v) is 6.35. The Bertz CT molecular complexity index is 882. The van der Waals surface area contributed by atoms with Crippen molar-refractivity contribution in [3.8, 4) is 0 Å². The number of hydrogen-bond acceptors (Lipinski definition) is 8. The monoisotopic (exact) mass is 422 g/mol. The standard InChI is InChI=1S/C22H30O8/c1-7-11(2)15(24)26-16-18(4)12(3)14(23)9-8-13(18)10-21-22(16)19(5,17(25)27-21)28-20(6,29-21)30-22/h7-8,12,14,16-17,23,25H,9-10H2,1-6H3/b11-7-/t12-,14-,16-,17+,18+,19-,20?,21+,22+/m0/s1. The van der Waals surface area contributed by atoms with Crippen LogP contribution in [0.3, 0.4) is 0 Å². The van der Waals surface area contributed by atoms with Gasteiger partial charge >= 0.3 is 5.97 Å². The predicted molar refractivity (Wildman–Crippen MR) is 103 cm³/mol. The lowest BCUT2D eigenvalue weighted by molar-refractivity contribution is -0.361. The number of allylic oxidation sites excluding steroid dienone is 1. The van der Waals surface area contributed by atoms with Crippen molar-refractivity contribution in [3.05, 3.63) is 23.3 Å². The molecule has 8 nitrogen and oxygen atoms in total. The van der Waals surface area contributed by atoms with Crippen LogP contribution in [-0.2, 0) is 28.5 Å². The van der Waals surface area contributed by atoms with Crippen molar-refractivity contribution >= 4 is 5.97 Å². The highest BCUT2D eigenvalue weighted by molar-refractivity contribution is 5.88. The van der Waals surface area contributed by atoms with Gasteiger partial charge in [-0.2, -0.15) is 0 Å². The Morgan fingerprint density at radius 3 is 2.60 bits per heavy atom. The number of rotatable bonds is 2. The summed E-state index contributed by atoms with van der Waals surface area (Å²) in [4.78, 5) is 13.0. The average molecular weight is 422 g/mol. The summed E-state index contributed by atoms with van der Waals surface area (Å²) >= 11 is 0. The van der Waals surface area contributed by atoms with Gasteiger partial charge in [0.05, 0.1) is 6.10 Å². The Balaban J connectivity index is 1.75. The van der Waals surface area contributed by atoms with Crippen LogP contribution in [0.5, 0.6) is 0 Å². The second kappa shape index (κ2) is 5.74. The zero-order valence-corrected chi connectivity index (χ0v) is 18.2. The van der Waals surface area contributed by atoms with Crippen LogP contribution < -0.4 is 0 Å². The lowest BCUT2D eigenvalue weighted by Crippen LogP contribution is -2.76. The van der Waals surface area contributed by atoms with Crippen LogP contribution in [0, 0.1) is 11.3 Å². The maximum atomic E-state index is 13.0. The van der Waals surface area contributed by atoms with Crippen molar-refractivity contribution < 1.29 is 38.7 Å². The molecule has 8 heteroatoms. The summed E-state index contributed by atoms with van der Waals surface area (Å²) in [5, 5.41) is 21.6. The topological polar surface area (TPSA) is 104 Å². The molecule has 1 saturated carbocycles. The van der Waals surface area contributed by atoms with E-state index in [2.05, 4.69) is 0 Å². The molecular formula is C22H30O8. The Hall–Kier alpha value is -1.29. The molecule has 5 rings (SSSR count). The Morgan fingerprint density at radius 1 is 1.23 bits per heavy atom. The van der Waals surface area contributed by atoms with Crippen LogP contribution in [0.15, 0.2) is 23.3 Å². The van der Waals surface area contributed by atoms with Crippen molar-refractivity contribution in [2.24, 2.45) is 11.3 Å². The molecule has 2 N–H and O–H groups in total. The molecule has 0 aromatic carbocycles. The van der Waals surface area contributed by atoms with E-state index in [9.17, 15) is 15.0 Å². The van der Waals surface area contributed by atoms with Crippen LogP contribution in [-0.4, -0.2) is 57.6 Å². The van der Waals surface area contributed by atoms with Crippen LogP contribution in [0.4, 0.5) is 0 Å². The first kappa shape index (κ1) is 20.6. The third kappa shape index (κ3) is 2.01. The van der Waals surface area contributed by atoms with Crippen LogP contribution in [0.25, 0.3) is 0 Å². The molecule has 3 heterocycles. The number of aliphatic hydroxyl groups excluding tert-OH is 2. The number of carbonyl (C=O) groups excluding carboxylic acids is 1. The lowest BCUT2D eigenvalue weighted by Gasteiger charge is -2.60. The minimum Gasteiger partial charge on any atom is -0.455 e. The second-order valence-corrected chi connectivity index (χ2v) is 9.77. The van der Waals surface area contributed by atoms with Gasteiger partial charge in [-0.3, -0.25) is 4.74 Å². The van der Waals surface area contributed by atoms with Gasteiger partial charge in [-0.25, -0.2) is 4.79 Å². The van der Waals surface area contributed by atoms with E-state index in [-0.39, 0.29) is 5.92 Å². The molecule has 30 heavy (non-hydrogen) atoms. The molecule has 5 aliphatic rings. The fourth-order valence-electron chi connectivity index (χ4n) is 6.35. The molecule has 3 aliphatic heterocycles. The van der Waals surface area contributed by atoms with E-state index < -0.39 is 52.8 Å². The molecule has 1 spiro atoms. The van der Waals surface area contributed by atoms with Gasteiger partial charge < -0.3 is 29.2 Å². The first-order valence-corrected chi connectivity index (χ1v) is 10.6.